The van der Waals surface area contributed by atoms with Gasteiger partial charge < -0.3 is 9.64 Å². The molecule has 0 saturated carbocycles. The van der Waals surface area contributed by atoms with E-state index in [0.717, 1.165) is 17.7 Å². The molecular weight excluding hydrogens is 429 g/mol. The summed E-state index contributed by atoms with van der Waals surface area (Å²) in [6.45, 7) is 0.719. The van der Waals surface area contributed by atoms with Gasteiger partial charge in [0.25, 0.3) is 17.7 Å². The zero-order valence-electron chi connectivity index (χ0n) is 16.9. The van der Waals surface area contributed by atoms with Crippen LogP contribution >= 0.6 is 0 Å². The molecule has 11 heteroatoms. The summed E-state index contributed by atoms with van der Waals surface area (Å²) < 4.78 is 45.1. The minimum Gasteiger partial charge on any atom is -0.376 e. The molecule has 0 aliphatic carbocycles. The molecule has 1 aromatic heterocycles. The van der Waals surface area contributed by atoms with Crippen LogP contribution in [0, 0.1) is 0 Å². The van der Waals surface area contributed by atoms with Crippen molar-refractivity contribution in [3.8, 4) is 0 Å². The van der Waals surface area contributed by atoms with Gasteiger partial charge >= 0.3 is 6.18 Å². The molecule has 1 N–H and O–H groups in total. The molecule has 1 unspecified atom stereocenters. The summed E-state index contributed by atoms with van der Waals surface area (Å²) in [5, 5.41) is 5.77. The number of amides is 3. The standard InChI is InChI=1S/C21H19F3N4O4/c22-21(23,24)17-15-10-27(6-5-16(15)25-26-17)18(29)11-3-4-13-14(8-11)20(31)28(19(13)30)9-12-2-1-7-32-12/h3-4,8,12H,1-2,5-7,9-10H2,(H,25,26). The largest absolute Gasteiger partial charge is 0.435 e. The molecule has 0 radical (unpaired) electrons. The van der Waals surface area contributed by atoms with Crippen LogP contribution in [-0.2, 0) is 23.9 Å². The quantitative estimate of drug-likeness (QED) is 0.728. The van der Waals surface area contributed by atoms with Gasteiger partial charge in [0.2, 0.25) is 0 Å². The highest BCUT2D eigenvalue weighted by Crippen LogP contribution is 2.34. The average molecular weight is 448 g/mol. The number of benzene rings is 1. The van der Waals surface area contributed by atoms with Crippen LogP contribution in [0.15, 0.2) is 18.2 Å². The maximum atomic E-state index is 13.2. The Morgan fingerprint density at radius 1 is 1.22 bits per heavy atom. The summed E-state index contributed by atoms with van der Waals surface area (Å²) in [7, 11) is 0. The molecule has 1 aromatic carbocycles. The van der Waals surface area contributed by atoms with E-state index in [4.69, 9.17) is 4.74 Å². The van der Waals surface area contributed by atoms with Gasteiger partial charge in [-0.2, -0.15) is 18.3 Å². The first kappa shape index (κ1) is 20.7. The van der Waals surface area contributed by atoms with E-state index in [1.165, 1.54) is 23.1 Å². The lowest BCUT2D eigenvalue weighted by Crippen LogP contribution is -2.37. The lowest BCUT2D eigenvalue weighted by molar-refractivity contribution is -0.142. The number of H-pyrrole nitrogens is 1. The molecule has 32 heavy (non-hydrogen) atoms. The Hall–Kier alpha value is -3.21. The third-order valence-corrected chi connectivity index (χ3v) is 6.12. The normalized spacial score (nSPS) is 20.7. The number of aromatic nitrogens is 2. The molecule has 8 nitrogen and oxygen atoms in total. The number of alkyl halides is 3. The van der Waals surface area contributed by atoms with E-state index in [9.17, 15) is 27.6 Å². The second-order valence-corrected chi connectivity index (χ2v) is 8.12. The highest BCUT2D eigenvalue weighted by atomic mass is 19.4. The highest BCUT2D eigenvalue weighted by Gasteiger charge is 2.41. The smallest absolute Gasteiger partial charge is 0.376 e. The summed E-state index contributed by atoms with van der Waals surface area (Å²) in [6.07, 6.45) is -2.97. The summed E-state index contributed by atoms with van der Waals surface area (Å²) >= 11 is 0. The van der Waals surface area contributed by atoms with E-state index in [2.05, 4.69) is 10.2 Å². The molecule has 0 bridgehead atoms. The number of ether oxygens (including phenoxy) is 1. The topological polar surface area (TPSA) is 95.6 Å². The number of fused-ring (bicyclic) bond motifs is 2. The van der Waals surface area contributed by atoms with Gasteiger partial charge in [0.15, 0.2) is 5.69 Å². The van der Waals surface area contributed by atoms with E-state index in [-0.39, 0.29) is 54.4 Å². The Bertz CT molecular complexity index is 1120. The average Bonchev–Trinajstić information content (AvgIpc) is 3.48. The Balaban J connectivity index is 1.37. The molecule has 1 saturated heterocycles. The molecule has 3 aliphatic rings. The zero-order chi connectivity index (χ0) is 22.6. The van der Waals surface area contributed by atoms with Crippen molar-refractivity contribution >= 4 is 17.7 Å². The lowest BCUT2D eigenvalue weighted by atomic mass is 10.0. The van der Waals surface area contributed by atoms with Gasteiger partial charge in [0, 0.05) is 42.9 Å². The number of rotatable bonds is 3. The van der Waals surface area contributed by atoms with Crippen LogP contribution in [0.1, 0.15) is 60.9 Å². The molecule has 1 fully saturated rings. The SMILES string of the molecule is O=C(c1ccc2c(c1)C(=O)N(CC1CCCO1)C2=O)N1CCc2[nH]nc(C(F)(F)F)c2C1. The predicted octanol–water partition coefficient (Wildman–Crippen LogP) is 2.40. The van der Waals surface area contributed by atoms with Crippen LogP contribution in [-0.4, -0.2) is 63.5 Å². The monoisotopic (exact) mass is 448 g/mol. The number of carbonyl (C=O) groups excluding carboxylic acids is 3. The third-order valence-electron chi connectivity index (χ3n) is 6.12. The maximum absolute atomic E-state index is 13.2. The predicted molar refractivity (Wildman–Crippen MR) is 103 cm³/mol. The number of nitrogens with one attached hydrogen (secondary N) is 1. The summed E-state index contributed by atoms with van der Waals surface area (Å²) in [4.78, 5) is 40.9. The van der Waals surface area contributed by atoms with Crippen LogP contribution in [0.25, 0.3) is 0 Å². The van der Waals surface area contributed by atoms with Crippen molar-refractivity contribution in [1.82, 2.24) is 20.0 Å². The van der Waals surface area contributed by atoms with Crippen LogP contribution in [0.2, 0.25) is 0 Å². The zero-order valence-corrected chi connectivity index (χ0v) is 16.9. The number of hydrogen-bond acceptors (Lipinski definition) is 5. The minimum atomic E-state index is -4.62. The van der Waals surface area contributed by atoms with Crippen molar-refractivity contribution in [2.45, 2.75) is 38.1 Å². The molecular formula is C21H19F3N4O4. The van der Waals surface area contributed by atoms with Crippen molar-refractivity contribution < 1.29 is 32.3 Å². The van der Waals surface area contributed by atoms with Crippen LogP contribution in [0.4, 0.5) is 13.2 Å². The van der Waals surface area contributed by atoms with Gasteiger partial charge in [0.05, 0.1) is 23.8 Å². The van der Waals surface area contributed by atoms with Crippen LogP contribution in [0.3, 0.4) is 0 Å². The van der Waals surface area contributed by atoms with Crippen molar-refractivity contribution in [1.29, 1.82) is 0 Å². The van der Waals surface area contributed by atoms with E-state index in [0.29, 0.717) is 12.3 Å². The van der Waals surface area contributed by atoms with E-state index in [1.54, 1.807) is 0 Å². The highest BCUT2D eigenvalue weighted by molar-refractivity contribution is 6.22. The van der Waals surface area contributed by atoms with Crippen molar-refractivity contribution in [3.05, 3.63) is 51.8 Å². The Labute approximate surface area is 180 Å². The number of hydrogen-bond donors (Lipinski definition) is 1. The van der Waals surface area contributed by atoms with Gasteiger partial charge in [0.1, 0.15) is 0 Å². The maximum Gasteiger partial charge on any atom is 0.435 e. The molecule has 4 heterocycles. The van der Waals surface area contributed by atoms with Gasteiger partial charge in [-0.3, -0.25) is 24.4 Å². The fourth-order valence-electron chi connectivity index (χ4n) is 4.47. The first-order chi connectivity index (χ1) is 15.2. The Morgan fingerprint density at radius 3 is 2.72 bits per heavy atom. The van der Waals surface area contributed by atoms with Crippen molar-refractivity contribution in [2.24, 2.45) is 0 Å². The minimum absolute atomic E-state index is 0.0488. The van der Waals surface area contributed by atoms with E-state index in [1.807, 2.05) is 0 Å². The van der Waals surface area contributed by atoms with Gasteiger partial charge in [-0.1, -0.05) is 0 Å². The number of aromatic amines is 1. The molecule has 1 atom stereocenters. The molecule has 2 aromatic rings. The molecule has 0 spiro atoms. The fraction of sp³-hybridized carbons (Fsp3) is 0.429. The molecule has 168 valence electrons. The number of nitrogens with zero attached hydrogens (tertiary/aromatic N) is 3. The van der Waals surface area contributed by atoms with Crippen LogP contribution in [0.5, 0.6) is 0 Å². The van der Waals surface area contributed by atoms with E-state index < -0.39 is 29.6 Å². The summed E-state index contributed by atoms with van der Waals surface area (Å²) in [5.41, 5.74) is -0.238. The fourth-order valence-corrected chi connectivity index (χ4v) is 4.47. The first-order valence-electron chi connectivity index (χ1n) is 10.3. The van der Waals surface area contributed by atoms with Gasteiger partial charge in [-0.25, -0.2) is 0 Å². The van der Waals surface area contributed by atoms with Gasteiger partial charge in [-0.15, -0.1) is 0 Å². The Morgan fingerprint density at radius 2 is 2.00 bits per heavy atom. The summed E-state index contributed by atoms with van der Waals surface area (Å²) in [5.74, 6) is -1.44. The molecule has 3 amide bonds. The molecule has 3 aliphatic heterocycles. The Kier molecular flexibility index (Phi) is 4.81. The second kappa shape index (κ2) is 7.44. The number of imide groups is 1. The second-order valence-electron chi connectivity index (χ2n) is 8.12. The number of carbonyl (C=O) groups is 3. The third kappa shape index (κ3) is 3.36. The van der Waals surface area contributed by atoms with Crippen LogP contribution < -0.4 is 0 Å². The van der Waals surface area contributed by atoms with Crippen molar-refractivity contribution in [2.75, 3.05) is 19.7 Å². The summed E-state index contributed by atoms with van der Waals surface area (Å²) in [6, 6.07) is 4.20. The lowest BCUT2D eigenvalue weighted by Gasteiger charge is -2.27. The number of halogens is 3. The van der Waals surface area contributed by atoms with E-state index >= 15 is 0 Å². The van der Waals surface area contributed by atoms with Crippen molar-refractivity contribution in [3.63, 3.8) is 0 Å². The van der Waals surface area contributed by atoms with Gasteiger partial charge in [-0.05, 0) is 31.0 Å². The molecule has 5 rings (SSSR count). The first-order valence-corrected chi connectivity index (χ1v) is 10.3.